The van der Waals surface area contributed by atoms with Crippen LogP contribution in [0.25, 0.3) is 0 Å². The average Bonchev–Trinajstić information content (AvgIpc) is 1.88. The number of esters is 1. The van der Waals surface area contributed by atoms with Crippen molar-refractivity contribution in [2.24, 2.45) is 0 Å². The van der Waals surface area contributed by atoms with Crippen LogP contribution in [0.3, 0.4) is 0 Å². The Labute approximate surface area is 81.6 Å². The van der Waals surface area contributed by atoms with Crippen LogP contribution in [0.2, 0.25) is 0 Å². The zero-order valence-electron chi connectivity index (χ0n) is 6.81. The highest BCUT2D eigenvalue weighted by Crippen LogP contribution is 2.30. The number of carbonyl (C=O) groups is 1. The molecule has 0 aliphatic rings. The molecule has 0 saturated carbocycles. The van der Waals surface area contributed by atoms with Crippen molar-refractivity contribution < 1.29 is 14.1 Å². The van der Waals surface area contributed by atoms with Gasteiger partial charge >= 0.3 is 5.97 Å². The first kappa shape index (κ1) is 11.6. The molecule has 0 radical (unpaired) electrons. The maximum atomic E-state index is 11.1. The second kappa shape index (κ2) is 5.27. The number of ether oxygens (including phenoxy) is 1. The molecule has 0 N–H and O–H groups in total. The molecule has 0 spiro atoms. The molecule has 0 aliphatic heterocycles. The SMILES string of the molecule is CCOC(=O)C(C)(C)OPI. The minimum absolute atomic E-state index is 0.276. The van der Waals surface area contributed by atoms with Gasteiger partial charge in [-0.15, -0.1) is 0 Å². The van der Waals surface area contributed by atoms with Gasteiger partial charge in [0.1, 0.15) is 0 Å². The topological polar surface area (TPSA) is 35.5 Å². The summed E-state index contributed by atoms with van der Waals surface area (Å²) in [5.74, 6) is -0.302. The van der Waals surface area contributed by atoms with Gasteiger partial charge in [-0.2, -0.15) is 0 Å². The van der Waals surface area contributed by atoms with Gasteiger partial charge in [0.15, 0.2) is 5.60 Å². The highest BCUT2D eigenvalue weighted by molar-refractivity contribution is 14.2. The fourth-order valence-electron chi connectivity index (χ4n) is 0.443. The fourth-order valence-corrected chi connectivity index (χ4v) is 2.37. The highest BCUT2D eigenvalue weighted by Gasteiger charge is 2.29. The van der Waals surface area contributed by atoms with Crippen molar-refractivity contribution in [3.63, 3.8) is 0 Å². The van der Waals surface area contributed by atoms with Crippen molar-refractivity contribution in [3.8, 4) is 0 Å². The van der Waals surface area contributed by atoms with Crippen LogP contribution in [0, 0.1) is 0 Å². The summed E-state index contributed by atoms with van der Waals surface area (Å²) in [4.78, 5) is 11.1. The van der Waals surface area contributed by atoms with Crippen molar-refractivity contribution in [2.75, 3.05) is 6.61 Å². The van der Waals surface area contributed by atoms with E-state index in [4.69, 9.17) is 9.26 Å². The zero-order valence-corrected chi connectivity index (χ0v) is 9.97. The van der Waals surface area contributed by atoms with E-state index in [0.717, 1.165) is 0 Å². The molecule has 0 rings (SSSR count). The number of hydrogen-bond acceptors (Lipinski definition) is 3. The van der Waals surface area contributed by atoms with Crippen LogP contribution >= 0.6 is 28.5 Å². The lowest BCUT2D eigenvalue weighted by atomic mass is 10.1. The number of hydrogen-bond donors (Lipinski definition) is 0. The second-order valence-corrected chi connectivity index (χ2v) is 4.09. The molecule has 1 atom stereocenters. The molecular formula is C6H12IO3P. The number of halogens is 1. The van der Waals surface area contributed by atoms with Crippen molar-refractivity contribution in [1.82, 2.24) is 0 Å². The van der Waals surface area contributed by atoms with Gasteiger partial charge in [-0.25, -0.2) is 4.79 Å². The average molecular weight is 290 g/mol. The van der Waals surface area contributed by atoms with E-state index in [-0.39, 0.29) is 12.4 Å². The summed E-state index contributed by atoms with van der Waals surface area (Å²) in [7, 11) is 0. The van der Waals surface area contributed by atoms with Crippen molar-refractivity contribution in [1.29, 1.82) is 0 Å². The molecule has 0 aromatic heterocycles. The van der Waals surface area contributed by atoms with Crippen molar-refractivity contribution >= 4 is 34.5 Å². The first-order chi connectivity index (χ1) is 5.04. The quantitative estimate of drug-likeness (QED) is 0.453. The van der Waals surface area contributed by atoms with Crippen LogP contribution in [0.4, 0.5) is 0 Å². The molecule has 0 bridgehead atoms. The van der Waals surface area contributed by atoms with Crippen LogP contribution in [-0.2, 0) is 14.1 Å². The minimum atomic E-state index is -0.796. The van der Waals surface area contributed by atoms with Crippen molar-refractivity contribution in [2.45, 2.75) is 26.4 Å². The first-order valence-electron chi connectivity index (χ1n) is 3.25. The summed E-state index contributed by atoms with van der Waals surface area (Å²) in [5, 5.41) is 0. The Morgan fingerprint density at radius 2 is 2.18 bits per heavy atom. The molecule has 0 aromatic rings. The predicted octanol–water partition coefficient (Wildman–Crippen LogP) is 2.29. The molecule has 0 heterocycles. The van der Waals surface area contributed by atoms with Gasteiger partial charge in [-0.1, -0.05) is 0 Å². The van der Waals surface area contributed by atoms with E-state index in [1.165, 1.54) is 0 Å². The molecule has 0 saturated heterocycles. The highest BCUT2D eigenvalue weighted by atomic mass is 127. The fraction of sp³-hybridized carbons (Fsp3) is 0.833. The van der Waals surface area contributed by atoms with Gasteiger partial charge < -0.3 is 9.26 Å². The molecule has 11 heavy (non-hydrogen) atoms. The number of rotatable bonds is 4. The molecule has 0 aliphatic carbocycles. The van der Waals surface area contributed by atoms with Gasteiger partial charge in [0, 0.05) is 0 Å². The first-order valence-corrected chi connectivity index (χ1v) is 7.27. The minimum Gasteiger partial charge on any atom is -0.464 e. The van der Waals surface area contributed by atoms with E-state index >= 15 is 0 Å². The van der Waals surface area contributed by atoms with E-state index in [1.807, 2.05) is 0 Å². The van der Waals surface area contributed by atoms with E-state index in [2.05, 4.69) is 22.0 Å². The Kier molecular flexibility index (Phi) is 5.56. The van der Waals surface area contributed by atoms with Crippen LogP contribution in [0.1, 0.15) is 20.8 Å². The van der Waals surface area contributed by atoms with E-state index in [1.54, 1.807) is 20.8 Å². The smallest absolute Gasteiger partial charge is 0.338 e. The lowest BCUT2D eigenvalue weighted by molar-refractivity contribution is -0.157. The standard InChI is InChI=1S/C6H12IO3P/c1-4-9-5(8)6(2,3)10-11-7/h11H,4H2,1-3H3. The second-order valence-electron chi connectivity index (χ2n) is 2.41. The number of carbonyl (C=O) groups excluding carboxylic acids is 1. The maximum absolute atomic E-state index is 11.1. The van der Waals surface area contributed by atoms with E-state index < -0.39 is 5.60 Å². The molecule has 0 fully saturated rings. The summed E-state index contributed by atoms with van der Waals surface area (Å²) in [6.45, 7) is 5.86. The van der Waals surface area contributed by atoms with E-state index in [0.29, 0.717) is 6.61 Å². The third-order valence-corrected chi connectivity index (χ3v) is 2.31. The molecular weight excluding hydrogens is 278 g/mol. The molecule has 66 valence electrons. The largest absolute Gasteiger partial charge is 0.464 e. The summed E-state index contributed by atoms with van der Waals surface area (Å²) < 4.78 is 9.98. The molecule has 3 nitrogen and oxygen atoms in total. The Hall–Kier alpha value is 0.590. The van der Waals surface area contributed by atoms with Gasteiger partial charge in [-0.05, 0) is 42.8 Å². The van der Waals surface area contributed by atoms with Gasteiger partial charge in [-0.3, -0.25) is 0 Å². The Balaban J connectivity index is 3.94. The molecule has 1 unspecified atom stereocenters. The summed E-state index contributed by atoms with van der Waals surface area (Å²) in [6.07, 6.45) is 0. The summed E-state index contributed by atoms with van der Waals surface area (Å²) >= 11 is 2.07. The van der Waals surface area contributed by atoms with Crippen LogP contribution in [-0.4, -0.2) is 18.2 Å². The Morgan fingerprint density at radius 1 is 1.64 bits per heavy atom. The third-order valence-electron chi connectivity index (χ3n) is 1.06. The molecule has 5 heteroatoms. The zero-order chi connectivity index (χ0) is 8.91. The van der Waals surface area contributed by atoms with Crippen LogP contribution in [0.15, 0.2) is 0 Å². The monoisotopic (exact) mass is 290 g/mol. The van der Waals surface area contributed by atoms with Crippen LogP contribution < -0.4 is 0 Å². The van der Waals surface area contributed by atoms with Gasteiger partial charge in [0.25, 0.3) is 0 Å². The van der Waals surface area contributed by atoms with Gasteiger partial charge in [0.2, 0.25) is 0 Å². The lowest BCUT2D eigenvalue weighted by Gasteiger charge is -2.20. The lowest BCUT2D eigenvalue weighted by Crippen LogP contribution is -2.34. The third kappa shape index (κ3) is 4.23. The molecule has 0 aromatic carbocycles. The summed E-state index contributed by atoms with van der Waals surface area (Å²) in [5.41, 5.74) is -0.796. The van der Waals surface area contributed by atoms with Crippen molar-refractivity contribution in [3.05, 3.63) is 0 Å². The van der Waals surface area contributed by atoms with Gasteiger partial charge in [0.05, 0.1) is 13.1 Å². The predicted molar refractivity (Wildman–Crippen MR) is 54.1 cm³/mol. The Morgan fingerprint density at radius 3 is 2.55 bits per heavy atom. The Bertz CT molecular complexity index is 138. The van der Waals surface area contributed by atoms with E-state index in [9.17, 15) is 4.79 Å². The normalized spacial score (nSPS) is 12.4. The summed E-state index contributed by atoms with van der Waals surface area (Å²) in [6, 6.07) is 0. The molecule has 0 amide bonds. The maximum Gasteiger partial charge on any atom is 0.338 e. The van der Waals surface area contributed by atoms with Crippen LogP contribution in [0.5, 0.6) is 0 Å².